The van der Waals surface area contributed by atoms with Crippen LogP contribution in [0.4, 0.5) is 10.5 Å². The fourth-order valence-electron chi connectivity index (χ4n) is 3.67. The van der Waals surface area contributed by atoms with Crippen LogP contribution in [-0.4, -0.2) is 27.2 Å². The third kappa shape index (κ3) is 3.87. The van der Waals surface area contributed by atoms with Gasteiger partial charge < -0.3 is 9.47 Å². The van der Waals surface area contributed by atoms with Crippen LogP contribution in [0.5, 0.6) is 0 Å². The summed E-state index contributed by atoms with van der Waals surface area (Å²) in [7, 11) is 0. The molecule has 1 aromatic heterocycles. The molecule has 1 fully saturated rings. The number of fused-ring (bicyclic) bond motifs is 3. The quantitative estimate of drug-likeness (QED) is 0.796. The van der Waals surface area contributed by atoms with Crippen molar-refractivity contribution in [3.63, 3.8) is 0 Å². The summed E-state index contributed by atoms with van der Waals surface area (Å²) in [5.41, 5.74) is -0.326. The van der Waals surface area contributed by atoms with Crippen molar-refractivity contribution in [2.24, 2.45) is 5.92 Å². The van der Waals surface area contributed by atoms with Gasteiger partial charge in [-0.3, -0.25) is 14.7 Å². The van der Waals surface area contributed by atoms with E-state index in [1.165, 1.54) is 10.8 Å². The number of rotatable bonds is 4. The first-order chi connectivity index (χ1) is 13.7. The molecule has 8 heteroatoms. The Labute approximate surface area is 167 Å². The van der Waals surface area contributed by atoms with Gasteiger partial charge in [0.05, 0.1) is 6.20 Å². The largest absolute Gasteiger partial charge is 0.459 e. The molecule has 152 valence electrons. The normalized spacial score (nSPS) is 21.7. The van der Waals surface area contributed by atoms with Crippen LogP contribution in [-0.2, 0) is 20.9 Å². The molecular weight excluding hydrogens is 374 g/mol. The Balaban J connectivity index is 1.54. The predicted octanol–water partition coefficient (Wildman–Crippen LogP) is 2.99. The summed E-state index contributed by atoms with van der Waals surface area (Å²) in [5.74, 6) is 0.192. The molecule has 0 unspecified atom stereocenters. The van der Waals surface area contributed by atoms with E-state index in [9.17, 15) is 14.4 Å². The van der Waals surface area contributed by atoms with Crippen LogP contribution in [0.2, 0.25) is 0 Å². The highest BCUT2D eigenvalue weighted by Gasteiger charge is 2.57. The summed E-state index contributed by atoms with van der Waals surface area (Å²) in [6.07, 6.45) is 1.38. The van der Waals surface area contributed by atoms with Crippen molar-refractivity contribution >= 4 is 17.7 Å². The van der Waals surface area contributed by atoms with Crippen LogP contribution < -0.4 is 10.9 Å². The van der Waals surface area contributed by atoms with Crippen molar-refractivity contribution in [3.05, 3.63) is 58.3 Å². The number of carbonyl (C=O) groups excluding carboxylic acids is 2. The summed E-state index contributed by atoms with van der Waals surface area (Å²) in [4.78, 5) is 42.1. The van der Waals surface area contributed by atoms with E-state index in [1.807, 2.05) is 30.3 Å². The monoisotopic (exact) mass is 397 g/mol. The molecule has 3 atom stereocenters. The SMILES string of the molecule is CC(C)(C)OC(=O)Nc1cnc2n(c1=O)[C@H](C(=O)OCc1ccccc1)[C@@H]1C[C@H]21. The van der Waals surface area contributed by atoms with E-state index in [1.54, 1.807) is 20.8 Å². The van der Waals surface area contributed by atoms with Crippen LogP contribution in [0.25, 0.3) is 0 Å². The third-order valence-electron chi connectivity index (χ3n) is 4.98. The van der Waals surface area contributed by atoms with E-state index in [2.05, 4.69) is 10.3 Å². The highest BCUT2D eigenvalue weighted by atomic mass is 16.6. The van der Waals surface area contributed by atoms with Crippen molar-refractivity contribution < 1.29 is 19.1 Å². The number of nitrogens with one attached hydrogen (secondary N) is 1. The second kappa shape index (κ2) is 7.02. The number of ether oxygens (including phenoxy) is 2. The summed E-state index contributed by atoms with van der Waals surface area (Å²) >= 11 is 0. The molecule has 1 aromatic carbocycles. The van der Waals surface area contributed by atoms with Gasteiger partial charge in [-0.05, 0) is 32.8 Å². The molecule has 1 amide bonds. The van der Waals surface area contributed by atoms with E-state index in [-0.39, 0.29) is 24.1 Å². The summed E-state index contributed by atoms with van der Waals surface area (Å²) in [6.45, 7) is 5.33. The first kappa shape index (κ1) is 19.2. The van der Waals surface area contributed by atoms with Crippen molar-refractivity contribution in [1.82, 2.24) is 9.55 Å². The lowest BCUT2D eigenvalue weighted by Gasteiger charge is -2.20. The van der Waals surface area contributed by atoms with E-state index in [4.69, 9.17) is 9.47 Å². The molecule has 0 radical (unpaired) electrons. The Kier molecular flexibility index (Phi) is 4.64. The molecule has 0 saturated heterocycles. The fraction of sp³-hybridized carbons (Fsp3) is 0.429. The van der Waals surface area contributed by atoms with Crippen molar-refractivity contribution in [2.45, 2.75) is 51.4 Å². The molecular formula is C21H23N3O5. The highest BCUT2D eigenvalue weighted by molar-refractivity contribution is 5.84. The zero-order valence-corrected chi connectivity index (χ0v) is 16.5. The van der Waals surface area contributed by atoms with Crippen LogP contribution in [0.1, 0.15) is 50.5 Å². The third-order valence-corrected chi connectivity index (χ3v) is 4.98. The van der Waals surface area contributed by atoms with Gasteiger partial charge in [0.2, 0.25) is 0 Å². The van der Waals surface area contributed by atoms with Gasteiger partial charge in [0.15, 0.2) is 0 Å². The molecule has 1 aliphatic heterocycles. The minimum Gasteiger partial charge on any atom is -0.459 e. The van der Waals surface area contributed by atoms with Crippen LogP contribution >= 0.6 is 0 Å². The average molecular weight is 397 g/mol. The Bertz CT molecular complexity index is 1010. The predicted molar refractivity (Wildman–Crippen MR) is 104 cm³/mol. The zero-order chi connectivity index (χ0) is 20.8. The Hall–Kier alpha value is -3.16. The lowest BCUT2D eigenvalue weighted by atomic mass is 10.2. The van der Waals surface area contributed by atoms with Crippen LogP contribution in [0.15, 0.2) is 41.3 Å². The van der Waals surface area contributed by atoms with Crippen LogP contribution in [0, 0.1) is 5.92 Å². The lowest BCUT2D eigenvalue weighted by Crippen LogP contribution is -2.35. The molecule has 4 rings (SSSR count). The number of carbonyl (C=O) groups is 2. The van der Waals surface area contributed by atoms with Crippen LogP contribution in [0.3, 0.4) is 0 Å². The van der Waals surface area contributed by atoms with E-state index in [0.29, 0.717) is 5.82 Å². The first-order valence-electron chi connectivity index (χ1n) is 9.56. The van der Waals surface area contributed by atoms with Gasteiger partial charge >= 0.3 is 12.1 Å². The molecule has 1 aliphatic carbocycles. The maximum absolute atomic E-state index is 13.0. The minimum absolute atomic E-state index is 0.00949. The van der Waals surface area contributed by atoms with Gasteiger partial charge in [-0.15, -0.1) is 0 Å². The van der Waals surface area contributed by atoms with E-state index >= 15 is 0 Å². The van der Waals surface area contributed by atoms with E-state index in [0.717, 1.165) is 12.0 Å². The number of aromatic nitrogens is 2. The van der Waals surface area contributed by atoms with E-state index < -0.39 is 29.3 Å². The van der Waals surface area contributed by atoms with Crippen molar-refractivity contribution in [3.8, 4) is 0 Å². The van der Waals surface area contributed by atoms with Gasteiger partial charge in [-0.1, -0.05) is 30.3 Å². The van der Waals surface area contributed by atoms with Gasteiger partial charge in [0.25, 0.3) is 5.56 Å². The minimum atomic E-state index is -0.747. The number of anilines is 1. The summed E-state index contributed by atoms with van der Waals surface area (Å²) < 4.78 is 12.0. The number of esters is 1. The van der Waals surface area contributed by atoms with Gasteiger partial charge in [0.1, 0.15) is 29.8 Å². The van der Waals surface area contributed by atoms with Gasteiger partial charge in [0, 0.05) is 11.8 Å². The number of hydrogen-bond acceptors (Lipinski definition) is 6. The molecule has 2 heterocycles. The second-order valence-electron chi connectivity index (χ2n) is 8.38. The molecule has 1 saturated carbocycles. The number of nitrogens with zero attached hydrogens (tertiary/aromatic N) is 2. The molecule has 0 bridgehead atoms. The standard InChI is InChI=1S/C21H23N3O5/c1-21(2,3)29-20(27)23-15-10-22-17-14-9-13(14)16(24(17)18(15)25)19(26)28-11-12-7-5-4-6-8-12/h4-8,10,13-14,16H,9,11H2,1-3H3,(H,23,27)/t13-,14+,16+/m1/s1. The van der Waals surface area contributed by atoms with Gasteiger partial charge in [-0.25, -0.2) is 14.6 Å². The average Bonchev–Trinajstić information content (AvgIpc) is 3.36. The zero-order valence-electron chi connectivity index (χ0n) is 16.5. The molecule has 8 nitrogen and oxygen atoms in total. The maximum atomic E-state index is 13.0. The molecule has 29 heavy (non-hydrogen) atoms. The Morgan fingerprint density at radius 1 is 1.24 bits per heavy atom. The Morgan fingerprint density at radius 2 is 1.97 bits per heavy atom. The second-order valence-corrected chi connectivity index (χ2v) is 8.38. The summed E-state index contributed by atoms with van der Waals surface area (Å²) in [5, 5.41) is 2.43. The maximum Gasteiger partial charge on any atom is 0.412 e. The molecule has 0 spiro atoms. The number of hydrogen-bond donors (Lipinski definition) is 1. The highest BCUT2D eigenvalue weighted by Crippen LogP contribution is 2.58. The summed E-state index contributed by atoms with van der Waals surface area (Å²) in [6, 6.07) is 8.64. The topological polar surface area (TPSA) is 99.5 Å². The van der Waals surface area contributed by atoms with Gasteiger partial charge in [-0.2, -0.15) is 0 Å². The first-order valence-corrected chi connectivity index (χ1v) is 9.56. The lowest BCUT2D eigenvalue weighted by molar-refractivity contribution is -0.149. The Morgan fingerprint density at radius 3 is 2.66 bits per heavy atom. The molecule has 2 aromatic rings. The number of benzene rings is 1. The number of amides is 1. The molecule has 2 aliphatic rings. The molecule has 1 N–H and O–H groups in total. The fourth-order valence-corrected chi connectivity index (χ4v) is 3.67. The van der Waals surface area contributed by atoms with Crippen molar-refractivity contribution in [1.29, 1.82) is 0 Å². The van der Waals surface area contributed by atoms with Crippen molar-refractivity contribution in [2.75, 3.05) is 5.32 Å². The smallest absolute Gasteiger partial charge is 0.412 e.